The Hall–Kier alpha value is -2.46. The summed E-state index contributed by atoms with van der Waals surface area (Å²) in [6.45, 7) is 0. The molecule has 3 rings (SSSR count). The van der Waals surface area contributed by atoms with Crippen LogP contribution < -0.4 is 5.73 Å². The minimum atomic E-state index is 0.171. The third-order valence-corrected chi connectivity index (χ3v) is 3.18. The maximum Gasteiger partial charge on any atom is 0.238 e. The van der Waals surface area contributed by atoms with Crippen molar-refractivity contribution in [3.8, 4) is 12.0 Å². The van der Waals surface area contributed by atoms with Crippen LogP contribution in [0.15, 0.2) is 34.9 Å². The highest BCUT2D eigenvalue weighted by Gasteiger charge is 2.14. The molecule has 0 saturated carbocycles. The van der Waals surface area contributed by atoms with Gasteiger partial charge in [-0.1, -0.05) is 12.1 Å². The van der Waals surface area contributed by atoms with Gasteiger partial charge in [-0.25, -0.2) is 9.97 Å². The molecule has 0 aliphatic heterocycles. The van der Waals surface area contributed by atoms with Gasteiger partial charge in [0.2, 0.25) is 5.95 Å². The zero-order valence-corrected chi connectivity index (χ0v) is 11.9. The number of rotatable bonds is 2. The SMILES string of the molecule is N#CCc1nc2ccccc2n1-c1nc(N)cc(Br)n1. The van der Waals surface area contributed by atoms with Gasteiger partial charge in [-0.05, 0) is 28.1 Å². The lowest BCUT2D eigenvalue weighted by atomic mass is 10.3. The van der Waals surface area contributed by atoms with Crippen LogP contribution in [0.5, 0.6) is 0 Å². The normalized spacial score (nSPS) is 10.6. The molecule has 0 unspecified atom stereocenters. The molecule has 3 aromatic rings. The van der Waals surface area contributed by atoms with Crippen molar-refractivity contribution in [2.45, 2.75) is 6.42 Å². The van der Waals surface area contributed by atoms with Crippen molar-refractivity contribution < 1.29 is 0 Å². The summed E-state index contributed by atoms with van der Waals surface area (Å²) in [6.07, 6.45) is 0.171. The van der Waals surface area contributed by atoms with E-state index in [9.17, 15) is 0 Å². The lowest BCUT2D eigenvalue weighted by molar-refractivity contribution is 0.877. The number of aromatic nitrogens is 4. The van der Waals surface area contributed by atoms with Crippen molar-refractivity contribution >= 4 is 32.8 Å². The fourth-order valence-electron chi connectivity index (χ4n) is 2.01. The first-order valence-corrected chi connectivity index (χ1v) is 6.62. The summed E-state index contributed by atoms with van der Waals surface area (Å²) in [7, 11) is 0. The maximum atomic E-state index is 8.95. The second-order valence-electron chi connectivity index (χ2n) is 4.10. The second-order valence-corrected chi connectivity index (χ2v) is 4.92. The third-order valence-electron chi connectivity index (χ3n) is 2.77. The number of anilines is 1. The van der Waals surface area contributed by atoms with Crippen LogP contribution in [-0.4, -0.2) is 19.5 Å². The zero-order chi connectivity index (χ0) is 14.1. The van der Waals surface area contributed by atoms with Gasteiger partial charge in [0.05, 0.1) is 23.5 Å². The average molecular weight is 329 g/mol. The van der Waals surface area contributed by atoms with Gasteiger partial charge in [0.15, 0.2) is 0 Å². The Kier molecular flexibility index (Phi) is 3.08. The molecular formula is C13H9BrN6. The molecule has 0 saturated heterocycles. The highest BCUT2D eigenvalue weighted by molar-refractivity contribution is 9.10. The number of hydrogen-bond acceptors (Lipinski definition) is 5. The molecule has 2 N–H and O–H groups in total. The number of nitrogens with zero attached hydrogens (tertiary/aromatic N) is 5. The van der Waals surface area contributed by atoms with Crippen LogP contribution in [0, 0.1) is 11.3 Å². The van der Waals surface area contributed by atoms with E-state index < -0.39 is 0 Å². The quantitative estimate of drug-likeness (QED) is 0.728. The summed E-state index contributed by atoms with van der Waals surface area (Å²) in [5.41, 5.74) is 7.39. The first kappa shape index (κ1) is 12.6. The van der Waals surface area contributed by atoms with E-state index in [2.05, 4.69) is 37.0 Å². The molecule has 0 aliphatic rings. The molecule has 2 aromatic heterocycles. The van der Waals surface area contributed by atoms with Gasteiger partial charge in [-0.15, -0.1) is 0 Å². The second kappa shape index (κ2) is 4.90. The predicted octanol–water partition coefficient (Wildman–Crippen LogP) is 2.23. The number of benzene rings is 1. The van der Waals surface area contributed by atoms with Crippen molar-refractivity contribution in [1.82, 2.24) is 19.5 Å². The van der Waals surface area contributed by atoms with E-state index >= 15 is 0 Å². The van der Waals surface area contributed by atoms with Gasteiger partial charge >= 0.3 is 0 Å². The highest BCUT2D eigenvalue weighted by atomic mass is 79.9. The fraction of sp³-hybridized carbons (Fsp3) is 0.0769. The Bertz CT molecular complexity index is 812. The molecule has 0 bridgehead atoms. The minimum absolute atomic E-state index is 0.171. The molecule has 6 nitrogen and oxygen atoms in total. The van der Waals surface area contributed by atoms with E-state index in [1.165, 1.54) is 0 Å². The largest absolute Gasteiger partial charge is 0.383 e. The van der Waals surface area contributed by atoms with Crippen LogP contribution in [0.3, 0.4) is 0 Å². The Morgan fingerprint density at radius 1 is 1.25 bits per heavy atom. The number of halogens is 1. The summed E-state index contributed by atoms with van der Waals surface area (Å²) < 4.78 is 2.33. The first-order valence-electron chi connectivity index (χ1n) is 5.83. The molecule has 0 spiro atoms. The zero-order valence-electron chi connectivity index (χ0n) is 10.3. The van der Waals surface area contributed by atoms with Crippen molar-refractivity contribution in [2.24, 2.45) is 0 Å². The molecule has 20 heavy (non-hydrogen) atoms. The van der Waals surface area contributed by atoms with E-state index in [1.54, 1.807) is 10.6 Å². The fourth-order valence-corrected chi connectivity index (χ4v) is 2.40. The standard InChI is InChI=1S/C13H9BrN6/c14-10-7-11(16)19-13(18-10)20-9-4-2-1-3-8(9)17-12(20)5-6-15/h1-4,7H,5H2,(H2,16,18,19). The lowest BCUT2D eigenvalue weighted by Crippen LogP contribution is -2.07. The predicted molar refractivity (Wildman–Crippen MR) is 78.1 cm³/mol. The molecule has 7 heteroatoms. The van der Waals surface area contributed by atoms with Crippen LogP contribution in [0.25, 0.3) is 17.0 Å². The molecule has 1 aromatic carbocycles. The van der Waals surface area contributed by atoms with Gasteiger partial charge in [-0.3, -0.25) is 4.57 Å². The van der Waals surface area contributed by atoms with Crippen molar-refractivity contribution in [3.05, 3.63) is 40.8 Å². The highest BCUT2D eigenvalue weighted by Crippen LogP contribution is 2.21. The number of nitriles is 1. The number of fused-ring (bicyclic) bond motifs is 1. The topological polar surface area (TPSA) is 93.4 Å². The van der Waals surface area contributed by atoms with Crippen molar-refractivity contribution in [3.63, 3.8) is 0 Å². The summed E-state index contributed by atoms with van der Waals surface area (Å²) in [4.78, 5) is 13.0. The van der Waals surface area contributed by atoms with Gasteiger partial charge < -0.3 is 5.73 Å². The van der Waals surface area contributed by atoms with E-state index in [-0.39, 0.29) is 6.42 Å². The van der Waals surface area contributed by atoms with Gasteiger partial charge in [0, 0.05) is 6.07 Å². The summed E-state index contributed by atoms with van der Waals surface area (Å²) >= 11 is 3.30. The van der Waals surface area contributed by atoms with Gasteiger partial charge in [0.1, 0.15) is 16.2 Å². The monoisotopic (exact) mass is 328 g/mol. The minimum Gasteiger partial charge on any atom is -0.383 e. The molecule has 0 amide bonds. The molecule has 0 aliphatic carbocycles. The Morgan fingerprint density at radius 3 is 2.80 bits per heavy atom. The number of hydrogen-bond donors (Lipinski definition) is 1. The Balaban J connectivity index is 2.33. The summed E-state index contributed by atoms with van der Waals surface area (Å²) in [5.74, 6) is 1.34. The molecule has 0 fully saturated rings. The lowest BCUT2D eigenvalue weighted by Gasteiger charge is -2.06. The van der Waals surface area contributed by atoms with E-state index in [4.69, 9.17) is 11.0 Å². The number of nitrogens with two attached hydrogens (primary N) is 1. The molecule has 2 heterocycles. The van der Waals surface area contributed by atoms with Crippen LogP contribution in [0.2, 0.25) is 0 Å². The Labute approximate surface area is 123 Å². The Morgan fingerprint density at radius 2 is 2.05 bits per heavy atom. The number of para-hydroxylation sites is 2. The van der Waals surface area contributed by atoms with E-state index in [0.717, 1.165) is 11.0 Å². The van der Waals surface area contributed by atoms with Crippen LogP contribution >= 0.6 is 15.9 Å². The molecular weight excluding hydrogens is 320 g/mol. The summed E-state index contributed by atoms with van der Waals surface area (Å²) in [5, 5.41) is 8.95. The first-order chi connectivity index (χ1) is 9.69. The molecule has 98 valence electrons. The van der Waals surface area contributed by atoms with Gasteiger partial charge in [0.25, 0.3) is 0 Å². The smallest absolute Gasteiger partial charge is 0.238 e. The van der Waals surface area contributed by atoms with E-state index in [1.807, 2.05) is 24.3 Å². The molecule has 0 atom stereocenters. The van der Waals surface area contributed by atoms with Crippen molar-refractivity contribution in [2.75, 3.05) is 5.73 Å². The molecule has 0 radical (unpaired) electrons. The van der Waals surface area contributed by atoms with Crippen LogP contribution in [0.4, 0.5) is 5.82 Å². The van der Waals surface area contributed by atoms with Gasteiger partial charge in [-0.2, -0.15) is 10.2 Å². The average Bonchev–Trinajstić information content (AvgIpc) is 2.76. The maximum absolute atomic E-state index is 8.95. The van der Waals surface area contributed by atoms with Crippen molar-refractivity contribution in [1.29, 1.82) is 5.26 Å². The van der Waals surface area contributed by atoms with Crippen LogP contribution in [0.1, 0.15) is 5.82 Å². The number of imidazole rings is 1. The van der Waals surface area contributed by atoms with E-state index in [0.29, 0.717) is 22.2 Å². The third kappa shape index (κ3) is 2.10. The number of nitrogen functional groups attached to an aromatic ring is 1. The van der Waals surface area contributed by atoms with Crippen LogP contribution in [-0.2, 0) is 6.42 Å². The summed E-state index contributed by atoms with van der Waals surface area (Å²) in [6, 6.07) is 11.3.